The molecule has 0 saturated heterocycles. The molecule has 0 spiro atoms. The van der Waals surface area contributed by atoms with E-state index in [-0.39, 0.29) is 10.3 Å². The second-order valence-corrected chi connectivity index (χ2v) is 6.98. The van der Waals surface area contributed by atoms with E-state index < -0.39 is 10.0 Å². The molecule has 0 aliphatic heterocycles. The number of nitrogens with zero attached hydrogens (tertiary/aromatic N) is 1. The molecule has 19 heavy (non-hydrogen) atoms. The molecule has 0 fully saturated rings. The zero-order chi connectivity index (χ0) is 14.1. The van der Waals surface area contributed by atoms with Crippen LogP contribution in [0, 0.1) is 0 Å². The van der Waals surface area contributed by atoms with Crippen LogP contribution >= 0.6 is 0 Å². The first kappa shape index (κ1) is 13.6. The van der Waals surface area contributed by atoms with Crippen molar-refractivity contribution in [2.24, 2.45) is 0 Å². The summed E-state index contributed by atoms with van der Waals surface area (Å²) in [4.78, 5) is 0.00802. The first-order valence-corrected chi connectivity index (χ1v) is 7.30. The molecule has 1 N–H and O–H groups in total. The first-order chi connectivity index (χ1) is 8.79. The highest BCUT2D eigenvalue weighted by Gasteiger charge is 2.18. The standard InChI is InChI=1S/C13H16N2O3S/c1-13(2,3)10-5-4-6-11(7-10)15-19(16,17)12-8-14-18-9-12/h4-9,15H,1-3H3. The fourth-order valence-corrected chi connectivity index (χ4v) is 2.50. The molecule has 2 aromatic rings. The van der Waals surface area contributed by atoms with E-state index in [1.807, 2.05) is 18.2 Å². The maximum Gasteiger partial charge on any atom is 0.266 e. The van der Waals surface area contributed by atoms with Crippen molar-refractivity contribution < 1.29 is 12.9 Å². The minimum absolute atomic E-state index is 0.00802. The highest BCUT2D eigenvalue weighted by Crippen LogP contribution is 2.25. The number of hydrogen-bond acceptors (Lipinski definition) is 4. The molecule has 5 nitrogen and oxygen atoms in total. The number of rotatable bonds is 3. The number of nitrogens with one attached hydrogen (secondary N) is 1. The quantitative estimate of drug-likeness (QED) is 0.938. The van der Waals surface area contributed by atoms with Crippen LogP contribution in [0.2, 0.25) is 0 Å². The van der Waals surface area contributed by atoms with Gasteiger partial charge < -0.3 is 4.52 Å². The van der Waals surface area contributed by atoms with Crippen LogP contribution in [0.25, 0.3) is 0 Å². The monoisotopic (exact) mass is 280 g/mol. The van der Waals surface area contributed by atoms with Crippen molar-refractivity contribution in [1.82, 2.24) is 5.16 Å². The normalized spacial score (nSPS) is 12.4. The molecule has 6 heteroatoms. The first-order valence-electron chi connectivity index (χ1n) is 5.82. The average Bonchev–Trinajstić information content (AvgIpc) is 2.81. The van der Waals surface area contributed by atoms with Crippen molar-refractivity contribution in [2.75, 3.05) is 4.72 Å². The van der Waals surface area contributed by atoms with Gasteiger partial charge in [0.05, 0.1) is 6.20 Å². The van der Waals surface area contributed by atoms with Gasteiger partial charge in [-0.05, 0) is 23.1 Å². The van der Waals surface area contributed by atoms with E-state index in [2.05, 4.69) is 35.2 Å². The molecule has 0 amide bonds. The van der Waals surface area contributed by atoms with Gasteiger partial charge in [0.1, 0.15) is 11.2 Å². The van der Waals surface area contributed by atoms with Gasteiger partial charge in [-0.1, -0.05) is 38.1 Å². The highest BCUT2D eigenvalue weighted by molar-refractivity contribution is 7.92. The molecule has 1 aromatic heterocycles. The number of hydrogen-bond donors (Lipinski definition) is 1. The van der Waals surface area contributed by atoms with E-state index in [9.17, 15) is 8.42 Å². The number of benzene rings is 1. The number of sulfonamides is 1. The Balaban J connectivity index is 2.30. The lowest BCUT2D eigenvalue weighted by Crippen LogP contribution is -2.14. The van der Waals surface area contributed by atoms with E-state index in [0.717, 1.165) is 18.0 Å². The Labute approximate surface area is 112 Å². The van der Waals surface area contributed by atoms with E-state index in [1.165, 1.54) is 0 Å². The molecule has 0 bridgehead atoms. The summed E-state index contributed by atoms with van der Waals surface area (Å²) in [6.07, 6.45) is 2.26. The van der Waals surface area contributed by atoms with E-state index >= 15 is 0 Å². The molecule has 1 heterocycles. The minimum atomic E-state index is -3.64. The van der Waals surface area contributed by atoms with Crippen LogP contribution in [0.3, 0.4) is 0 Å². The summed E-state index contributed by atoms with van der Waals surface area (Å²) in [6, 6.07) is 7.33. The Bertz CT molecular complexity index is 655. The summed E-state index contributed by atoms with van der Waals surface area (Å²) in [6.45, 7) is 6.21. The summed E-state index contributed by atoms with van der Waals surface area (Å²) in [5.74, 6) is 0. The lowest BCUT2D eigenvalue weighted by atomic mass is 9.87. The molecule has 0 atom stereocenters. The summed E-state index contributed by atoms with van der Waals surface area (Å²) in [5, 5.41) is 3.39. The van der Waals surface area contributed by atoms with E-state index in [4.69, 9.17) is 0 Å². The highest BCUT2D eigenvalue weighted by atomic mass is 32.2. The molecule has 0 radical (unpaired) electrons. The van der Waals surface area contributed by atoms with Gasteiger partial charge in [-0.2, -0.15) is 0 Å². The molecule has 0 unspecified atom stereocenters. The molecule has 0 aliphatic rings. The molecular formula is C13H16N2O3S. The van der Waals surface area contributed by atoms with Crippen LogP contribution in [0.1, 0.15) is 26.3 Å². The van der Waals surface area contributed by atoms with Crippen LogP contribution in [-0.2, 0) is 15.4 Å². The minimum Gasteiger partial charge on any atom is -0.363 e. The number of aromatic nitrogens is 1. The summed E-state index contributed by atoms with van der Waals surface area (Å²) < 4.78 is 31.1. The smallest absolute Gasteiger partial charge is 0.266 e. The van der Waals surface area contributed by atoms with E-state index in [0.29, 0.717) is 5.69 Å². The second-order valence-electron chi connectivity index (χ2n) is 5.30. The third-order valence-electron chi connectivity index (χ3n) is 2.70. The van der Waals surface area contributed by atoms with Crippen LogP contribution in [0.4, 0.5) is 5.69 Å². The Morgan fingerprint density at radius 2 is 2.00 bits per heavy atom. The Morgan fingerprint density at radius 3 is 2.58 bits per heavy atom. The lowest BCUT2D eigenvalue weighted by Gasteiger charge is -2.19. The van der Waals surface area contributed by atoms with Crippen molar-refractivity contribution in [3.63, 3.8) is 0 Å². The second kappa shape index (κ2) is 4.70. The summed E-state index contributed by atoms with van der Waals surface area (Å²) in [5.41, 5.74) is 1.53. The van der Waals surface area contributed by atoms with Crippen LogP contribution in [-0.4, -0.2) is 13.6 Å². The zero-order valence-electron chi connectivity index (χ0n) is 11.0. The number of anilines is 1. The van der Waals surface area contributed by atoms with Crippen LogP contribution < -0.4 is 4.72 Å². The lowest BCUT2D eigenvalue weighted by molar-refractivity contribution is 0.417. The summed E-state index contributed by atoms with van der Waals surface area (Å²) in [7, 11) is -3.64. The predicted octanol–water partition coefficient (Wildman–Crippen LogP) is 2.77. The van der Waals surface area contributed by atoms with Gasteiger partial charge in [-0.25, -0.2) is 8.42 Å². The van der Waals surface area contributed by atoms with Crippen molar-refractivity contribution in [3.8, 4) is 0 Å². The zero-order valence-corrected chi connectivity index (χ0v) is 11.9. The molecule has 1 aromatic carbocycles. The topological polar surface area (TPSA) is 72.2 Å². The SMILES string of the molecule is CC(C)(C)c1cccc(NS(=O)(=O)c2cnoc2)c1. The van der Waals surface area contributed by atoms with Gasteiger partial charge in [0, 0.05) is 5.69 Å². The van der Waals surface area contributed by atoms with Gasteiger partial charge in [0.15, 0.2) is 0 Å². The fourth-order valence-electron chi connectivity index (χ4n) is 1.59. The maximum atomic E-state index is 12.0. The maximum absolute atomic E-state index is 12.0. The van der Waals surface area contributed by atoms with Crippen molar-refractivity contribution in [3.05, 3.63) is 42.3 Å². The van der Waals surface area contributed by atoms with Crippen molar-refractivity contribution >= 4 is 15.7 Å². The average molecular weight is 280 g/mol. The van der Waals surface area contributed by atoms with Gasteiger partial charge in [-0.3, -0.25) is 4.72 Å². The van der Waals surface area contributed by atoms with Gasteiger partial charge in [-0.15, -0.1) is 0 Å². The molecule has 2 rings (SSSR count). The molecular weight excluding hydrogens is 264 g/mol. The fraction of sp³-hybridized carbons (Fsp3) is 0.308. The van der Waals surface area contributed by atoms with E-state index in [1.54, 1.807) is 6.07 Å². The van der Waals surface area contributed by atoms with Crippen molar-refractivity contribution in [2.45, 2.75) is 31.1 Å². The molecule has 102 valence electrons. The van der Waals surface area contributed by atoms with Crippen molar-refractivity contribution in [1.29, 1.82) is 0 Å². The van der Waals surface area contributed by atoms with Gasteiger partial charge >= 0.3 is 0 Å². The predicted molar refractivity (Wildman–Crippen MR) is 72.5 cm³/mol. The Hall–Kier alpha value is -1.82. The summed E-state index contributed by atoms with van der Waals surface area (Å²) >= 11 is 0. The molecule has 0 aliphatic carbocycles. The van der Waals surface area contributed by atoms with Crippen LogP contribution in [0.5, 0.6) is 0 Å². The Morgan fingerprint density at radius 1 is 1.26 bits per heavy atom. The van der Waals surface area contributed by atoms with Gasteiger partial charge in [0.25, 0.3) is 10.0 Å². The molecule has 0 saturated carbocycles. The van der Waals surface area contributed by atoms with Crippen LogP contribution in [0.15, 0.2) is 46.1 Å². The third kappa shape index (κ3) is 3.14. The third-order valence-corrected chi connectivity index (χ3v) is 4.03. The Kier molecular flexibility index (Phi) is 3.36. The van der Waals surface area contributed by atoms with Gasteiger partial charge in [0.2, 0.25) is 0 Å². The largest absolute Gasteiger partial charge is 0.363 e.